The molecule has 0 spiro atoms. The second-order valence-corrected chi connectivity index (χ2v) is 5.60. The van der Waals surface area contributed by atoms with Gasteiger partial charge in [0, 0.05) is 19.2 Å². The molecule has 1 aromatic carbocycles. The highest BCUT2D eigenvalue weighted by molar-refractivity contribution is 6.04. The van der Waals surface area contributed by atoms with Gasteiger partial charge in [0.15, 0.2) is 0 Å². The summed E-state index contributed by atoms with van der Waals surface area (Å²) in [5.74, 6) is 1.79. The van der Waals surface area contributed by atoms with Crippen LogP contribution >= 0.6 is 0 Å². The van der Waals surface area contributed by atoms with Gasteiger partial charge < -0.3 is 19.7 Å². The third-order valence-corrected chi connectivity index (χ3v) is 4.05. The van der Waals surface area contributed by atoms with E-state index < -0.39 is 0 Å². The first-order valence-corrected chi connectivity index (χ1v) is 7.96. The maximum Gasteiger partial charge on any atom is 0.274 e. The summed E-state index contributed by atoms with van der Waals surface area (Å²) in [5.41, 5.74) is 0.967. The number of nitrogens with zero attached hydrogens (tertiary/aromatic N) is 2. The lowest BCUT2D eigenvalue weighted by atomic mass is 10.2. The number of ether oxygens (including phenoxy) is 2. The second-order valence-electron chi connectivity index (χ2n) is 5.60. The van der Waals surface area contributed by atoms with Gasteiger partial charge in [-0.3, -0.25) is 4.79 Å². The number of methoxy groups -OCH3 is 2. The molecule has 2 heterocycles. The van der Waals surface area contributed by atoms with Crippen LogP contribution in [0.15, 0.2) is 36.4 Å². The highest BCUT2D eigenvalue weighted by Crippen LogP contribution is 2.29. The number of hydrogen-bond donors (Lipinski definition) is 1. The first kappa shape index (κ1) is 16.1. The number of rotatable bonds is 5. The normalized spacial score (nSPS) is 13.7. The third kappa shape index (κ3) is 3.42. The van der Waals surface area contributed by atoms with Crippen LogP contribution in [0.5, 0.6) is 11.5 Å². The molecule has 0 aliphatic carbocycles. The summed E-state index contributed by atoms with van der Waals surface area (Å²) in [6.45, 7) is 1.98. The van der Waals surface area contributed by atoms with Gasteiger partial charge in [-0.05, 0) is 37.1 Å². The van der Waals surface area contributed by atoms with Crippen LogP contribution < -0.4 is 19.7 Å². The molecule has 3 rings (SSSR count). The molecule has 6 nitrogen and oxygen atoms in total. The Kier molecular flexibility index (Phi) is 4.84. The van der Waals surface area contributed by atoms with E-state index in [-0.39, 0.29) is 5.91 Å². The lowest BCUT2D eigenvalue weighted by Gasteiger charge is -2.17. The molecule has 1 amide bonds. The zero-order valence-electron chi connectivity index (χ0n) is 13.9. The molecular weight excluding hydrogens is 306 g/mol. The minimum Gasteiger partial charge on any atom is -0.497 e. The Labute approximate surface area is 141 Å². The molecule has 126 valence electrons. The number of carbonyl (C=O) groups excluding carboxylic acids is 1. The molecule has 1 aromatic heterocycles. The predicted octanol–water partition coefficient (Wildman–Crippen LogP) is 2.95. The largest absolute Gasteiger partial charge is 0.497 e. The van der Waals surface area contributed by atoms with Gasteiger partial charge in [-0.2, -0.15) is 0 Å². The molecule has 1 N–H and O–H groups in total. The first-order valence-electron chi connectivity index (χ1n) is 7.96. The van der Waals surface area contributed by atoms with Crippen molar-refractivity contribution in [3.05, 3.63) is 42.1 Å². The van der Waals surface area contributed by atoms with Crippen molar-refractivity contribution in [3.8, 4) is 11.5 Å². The van der Waals surface area contributed by atoms with Crippen molar-refractivity contribution < 1.29 is 14.3 Å². The van der Waals surface area contributed by atoms with Crippen molar-refractivity contribution in [2.24, 2.45) is 0 Å². The summed E-state index contributed by atoms with van der Waals surface area (Å²) in [7, 11) is 3.14. The Morgan fingerprint density at radius 2 is 1.92 bits per heavy atom. The fourth-order valence-electron chi connectivity index (χ4n) is 2.76. The Bertz CT molecular complexity index is 727. The average Bonchev–Trinajstić information content (AvgIpc) is 3.17. The molecule has 0 unspecified atom stereocenters. The van der Waals surface area contributed by atoms with E-state index in [1.54, 1.807) is 38.5 Å². The van der Waals surface area contributed by atoms with E-state index in [2.05, 4.69) is 15.2 Å². The molecule has 1 aliphatic heterocycles. The molecule has 1 saturated heterocycles. The summed E-state index contributed by atoms with van der Waals surface area (Å²) >= 11 is 0. The van der Waals surface area contributed by atoms with Crippen molar-refractivity contribution in [1.29, 1.82) is 0 Å². The Hall–Kier alpha value is -2.76. The van der Waals surface area contributed by atoms with E-state index in [1.165, 1.54) is 12.8 Å². The van der Waals surface area contributed by atoms with Crippen LogP contribution in [0.1, 0.15) is 23.3 Å². The topological polar surface area (TPSA) is 63.7 Å². The quantitative estimate of drug-likeness (QED) is 0.915. The number of hydrogen-bond acceptors (Lipinski definition) is 5. The van der Waals surface area contributed by atoms with Crippen LogP contribution in [-0.2, 0) is 0 Å². The maximum atomic E-state index is 12.5. The van der Waals surface area contributed by atoms with Crippen LogP contribution in [0.3, 0.4) is 0 Å². The molecule has 0 atom stereocenters. The lowest BCUT2D eigenvalue weighted by molar-refractivity contribution is 0.102. The smallest absolute Gasteiger partial charge is 0.274 e. The predicted molar refractivity (Wildman–Crippen MR) is 93.2 cm³/mol. The van der Waals surface area contributed by atoms with E-state index in [0.717, 1.165) is 18.9 Å². The molecule has 0 saturated carbocycles. The van der Waals surface area contributed by atoms with Crippen LogP contribution in [0.4, 0.5) is 11.5 Å². The van der Waals surface area contributed by atoms with Crippen molar-refractivity contribution in [1.82, 2.24) is 4.98 Å². The fourth-order valence-corrected chi connectivity index (χ4v) is 2.76. The minimum atomic E-state index is -0.264. The molecule has 6 heteroatoms. The van der Waals surface area contributed by atoms with E-state index in [4.69, 9.17) is 9.47 Å². The summed E-state index contributed by atoms with van der Waals surface area (Å²) in [6, 6.07) is 10.8. The zero-order chi connectivity index (χ0) is 16.9. The minimum absolute atomic E-state index is 0.264. The van der Waals surface area contributed by atoms with Crippen molar-refractivity contribution in [2.45, 2.75) is 12.8 Å². The number of amides is 1. The summed E-state index contributed by atoms with van der Waals surface area (Å²) in [5, 5.41) is 2.85. The van der Waals surface area contributed by atoms with Crippen LogP contribution in [0.25, 0.3) is 0 Å². The highest BCUT2D eigenvalue weighted by Gasteiger charge is 2.16. The summed E-state index contributed by atoms with van der Waals surface area (Å²) < 4.78 is 10.5. The van der Waals surface area contributed by atoms with E-state index in [9.17, 15) is 4.79 Å². The fraction of sp³-hybridized carbons (Fsp3) is 0.333. The summed E-state index contributed by atoms with van der Waals surface area (Å²) in [4.78, 5) is 19.2. The third-order valence-electron chi connectivity index (χ3n) is 4.05. The van der Waals surface area contributed by atoms with Gasteiger partial charge in [0.05, 0.1) is 19.9 Å². The first-order chi connectivity index (χ1) is 11.7. The molecular formula is C18H21N3O3. The SMILES string of the molecule is COc1ccc(NC(=O)c2cccc(N3CCCC3)n2)c(OC)c1. The van der Waals surface area contributed by atoms with Crippen LogP contribution in [-0.4, -0.2) is 38.2 Å². The van der Waals surface area contributed by atoms with Crippen molar-refractivity contribution >= 4 is 17.4 Å². The van der Waals surface area contributed by atoms with E-state index in [0.29, 0.717) is 22.9 Å². The number of nitrogens with one attached hydrogen (secondary N) is 1. The van der Waals surface area contributed by atoms with Gasteiger partial charge in [0.1, 0.15) is 23.0 Å². The monoisotopic (exact) mass is 327 g/mol. The van der Waals surface area contributed by atoms with Gasteiger partial charge in [0.25, 0.3) is 5.91 Å². The molecule has 1 aliphatic rings. The molecule has 24 heavy (non-hydrogen) atoms. The highest BCUT2D eigenvalue weighted by atomic mass is 16.5. The van der Waals surface area contributed by atoms with Crippen molar-refractivity contribution in [2.75, 3.05) is 37.5 Å². The zero-order valence-corrected chi connectivity index (χ0v) is 13.9. The molecule has 0 bridgehead atoms. The number of anilines is 2. The number of pyridine rings is 1. The average molecular weight is 327 g/mol. The van der Waals surface area contributed by atoms with Crippen LogP contribution in [0, 0.1) is 0 Å². The lowest BCUT2D eigenvalue weighted by Crippen LogP contribution is -2.21. The molecule has 0 radical (unpaired) electrons. The Balaban J connectivity index is 1.78. The molecule has 2 aromatic rings. The number of benzene rings is 1. The second kappa shape index (κ2) is 7.21. The number of aromatic nitrogens is 1. The van der Waals surface area contributed by atoms with Gasteiger partial charge >= 0.3 is 0 Å². The van der Waals surface area contributed by atoms with Gasteiger partial charge in [-0.15, -0.1) is 0 Å². The molecule has 1 fully saturated rings. The standard InChI is InChI=1S/C18H21N3O3/c1-23-13-8-9-14(16(12-13)24-2)20-18(22)15-6-5-7-17(19-15)21-10-3-4-11-21/h5-9,12H,3-4,10-11H2,1-2H3,(H,20,22). The Morgan fingerprint density at radius 1 is 1.12 bits per heavy atom. The van der Waals surface area contributed by atoms with E-state index in [1.807, 2.05) is 12.1 Å². The van der Waals surface area contributed by atoms with Gasteiger partial charge in [0.2, 0.25) is 0 Å². The maximum absolute atomic E-state index is 12.5. The van der Waals surface area contributed by atoms with Crippen LogP contribution in [0.2, 0.25) is 0 Å². The van der Waals surface area contributed by atoms with Crippen molar-refractivity contribution in [3.63, 3.8) is 0 Å². The van der Waals surface area contributed by atoms with Gasteiger partial charge in [-0.1, -0.05) is 6.07 Å². The van der Waals surface area contributed by atoms with E-state index >= 15 is 0 Å². The Morgan fingerprint density at radius 3 is 2.62 bits per heavy atom. The summed E-state index contributed by atoms with van der Waals surface area (Å²) in [6.07, 6.45) is 2.34. The number of carbonyl (C=O) groups is 1. The van der Waals surface area contributed by atoms with Gasteiger partial charge in [-0.25, -0.2) is 4.98 Å².